The van der Waals surface area contributed by atoms with Gasteiger partial charge in [-0.25, -0.2) is 4.79 Å². The SMILES string of the molecule is C#Cc1ccc(OC(CC)C(=O)OCC)cc1. The first kappa shape index (κ1) is 13.1. The van der Waals surface area contributed by atoms with Crippen molar-refractivity contribution in [1.29, 1.82) is 0 Å². The standard InChI is InChI=1S/C14H16O3/c1-4-11-7-9-12(10-8-11)17-13(5-2)14(15)16-6-3/h1,7-10,13H,5-6H2,2-3H3. The summed E-state index contributed by atoms with van der Waals surface area (Å²) >= 11 is 0. The monoisotopic (exact) mass is 232 g/mol. The average Bonchev–Trinajstić information content (AvgIpc) is 2.37. The maximum Gasteiger partial charge on any atom is 0.347 e. The highest BCUT2D eigenvalue weighted by atomic mass is 16.6. The molecule has 1 unspecified atom stereocenters. The van der Waals surface area contributed by atoms with Crippen LogP contribution in [0.3, 0.4) is 0 Å². The highest BCUT2D eigenvalue weighted by Gasteiger charge is 2.19. The van der Waals surface area contributed by atoms with Gasteiger partial charge in [-0.15, -0.1) is 6.42 Å². The number of benzene rings is 1. The van der Waals surface area contributed by atoms with Gasteiger partial charge in [-0.3, -0.25) is 0 Å². The Bertz CT molecular complexity index is 400. The van der Waals surface area contributed by atoms with Crippen LogP contribution in [0.2, 0.25) is 0 Å². The topological polar surface area (TPSA) is 35.5 Å². The van der Waals surface area contributed by atoms with Crippen molar-refractivity contribution in [2.75, 3.05) is 6.61 Å². The Balaban J connectivity index is 2.67. The molecule has 0 aromatic heterocycles. The minimum Gasteiger partial charge on any atom is -0.479 e. The summed E-state index contributed by atoms with van der Waals surface area (Å²) in [4.78, 5) is 11.5. The molecule has 0 aliphatic rings. The molecule has 0 saturated heterocycles. The fourth-order valence-electron chi connectivity index (χ4n) is 1.33. The van der Waals surface area contributed by atoms with E-state index in [2.05, 4.69) is 5.92 Å². The highest BCUT2D eigenvalue weighted by Crippen LogP contribution is 2.15. The maximum absolute atomic E-state index is 11.5. The summed E-state index contributed by atoms with van der Waals surface area (Å²) in [6.07, 6.45) is 5.25. The summed E-state index contributed by atoms with van der Waals surface area (Å²) in [7, 11) is 0. The Kier molecular flexibility index (Phi) is 5.09. The Morgan fingerprint density at radius 3 is 2.47 bits per heavy atom. The number of esters is 1. The van der Waals surface area contributed by atoms with Crippen LogP contribution in [0.25, 0.3) is 0 Å². The lowest BCUT2D eigenvalue weighted by Gasteiger charge is -2.15. The number of hydrogen-bond acceptors (Lipinski definition) is 3. The van der Waals surface area contributed by atoms with Gasteiger partial charge in [-0.1, -0.05) is 12.8 Å². The zero-order valence-corrected chi connectivity index (χ0v) is 10.1. The Hall–Kier alpha value is -1.95. The lowest BCUT2D eigenvalue weighted by atomic mass is 10.2. The van der Waals surface area contributed by atoms with Crippen LogP contribution < -0.4 is 4.74 Å². The van der Waals surface area contributed by atoms with Crippen molar-refractivity contribution in [2.45, 2.75) is 26.4 Å². The van der Waals surface area contributed by atoms with Crippen molar-refractivity contribution in [3.05, 3.63) is 29.8 Å². The van der Waals surface area contributed by atoms with Gasteiger partial charge in [0.15, 0.2) is 6.10 Å². The van der Waals surface area contributed by atoms with Crippen molar-refractivity contribution < 1.29 is 14.3 Å². The predicted molar refractivity (Wildman–Crippen MR) is 65.7 cm³/mol. The van der Waals surface area contributed by atoms with E-state index in [0.717, 1.165) is 5.56 Å². The van der Waals surface area contributed by atoms with E-state index < -0.39 is 6.10 Å². The molecule has 90 valence electrons. The van der Waals surface area contributed by atoms with Gasteiger partial charge < -0.3 is 9.47 Å². The Morgan fingerprint density at radius 2 is 2.00 bits per heavy atom. The van der Waals surface area contributed by atoms with Crippen LogP contribution in [-0.2, 0) is 9.53 Å². The summed E-state index contributed by atoms with van der Waals surface area (Å²) in [5, 5.41) is 0. The van der Waals surface area contributed by atoms with Crippen molar-refractivity contribution >= 4 is 5.97 Å². The Morgan fingerprint density at radius 1 is 1.35 bits per heavy atom. The zero-order chi connectivity index (χ0) is 12.7. The summed E-state index contributed by atoms with van der Waals surface area (Å²) in [6, 6.07) is 7.04. The molecule has 0 saturated carbocycles. The molecule has 0 bridgehead atoms. The molecule has 0 N–H and O–H groups in total. The molecule has 17 heavy (non-hydrogen) atoms. The normalized spacial score (nSPS) is 11.4. The smallest absolute Gasteiger partial charge is 0.347 e. The van der Waals surface area contributed by atoms with Crippen molar-refractivity contribution in [2.24, 2.45) is 0 Å². The number of carbonyl (C=O) groups is 1. The van der Waals surface area contributed by atoms with E-state index in [1.165, 1.54) is 0 Å². The third-order valence-corrected chi connectivity index (χ3v) is 2.22. The van der Waals surface area contributed by atoms with E-state index in [4.69, 9.17) is 15.9 Å². The first-order valence-corrected chi connectivity index (χ1v) is 5.61. The molecule has 0 fully saturated rings. The Labute approximate surface area is 102 Å². The average molecular weight is 232 g/mol. The number of rotatable bonds is 5. The second kappa shape index (κ2) is 6.59. The van der Waals surface area contributed by atoms with Crippen LogP contribution in [0, 0.1) is 12.3 Å². The second-order valence-corrected chi connectivity index (χ2v) is 3.44. The fraction of sp³-hybridized carbons (Fsp3) is 0.357. The van der Waals surface area contributed by atoms with E-state index >= 15 is 0 Å². The summed E-state index contributed by atoms with van der Waals surface area (Å²) in [5.41, 5.74) is 0.779. The second-order valence-electron chi connectivity index (χ2n) is 3.44. The number of terminal acetylenes is 1. The number of carbonyl (C=O) groups excluding carboxylic acids is 1. The van der Waals surface area contributed by atoms with Crippen LogP contribution in [0.4, 0.5) is 0 Å². The van der Waals surface area contributed by atoms with Gasteiger partial charge in [0.05, 0.1) is 6.61 Å². The molecule has 1 atom stereocenters. The summed E-state index contributed by atoms with van der Waals surface area (Å²) < 4.78 is 10.5. The fourth-order valence-corrected chi connectivity index (χ4v) is 1.33. The van der Waals surface area contributed by atoms with E-state index in [1.54, 1.807) is 31.2 Å². The third kappa shape index (κ3) is 3.84. The van der Waals surface area contributed by atoms with Gasteiger partial charge in [-0.2, -0.15) is 0 Å². The lowest BCUT2D eigenvalue weighted by molar-refractivity contribution is -0.151. The van der Waals surface area contributed by atoms with Crippen LogP contribution in [0.1, 0.15) is 25.8 Å². The zero-order valence-electron chi connectivity index (χ0n) is 10.1. The van der Waals surface area contributed by atoms with E-state index in [0.29, 0.717) is 18.8 Å². The van der Waals surface area contributed by atoms with Crippen molar-refractivity contribution in [1.82, 2.24) is 0 Å². The molecule has 3 nitrogen and oxygen atoms in total. The third-order valence-electron chi connectivity index (χ3n) is 2.22. The molecule has 0 aliphatic heterocycles. The van der Waals surface area contributed by atoms with Crippen LogP contribution >= 0.6 is 0 Å². The number of hydrogen-bond donors (Lipinski definition) is 0. The minimum atomic E-state index is -0.563. The molecule has 0 aliphatic carbocycles. The molecule has 0 amide bonds. The summed E-state index contributed by atoms with van der Waals surface area (Å²) in [5.74, 6) is 2.80. The largest absolute Gasteiger partial charge is 0.479 e. The van der Waals surface area contributed by atoms with Crippen LogP contribution in [0.5, 0.6) is 5.75 Å². The van der Waals surface area contributed by atoms with Gasteiger partial charge in [0.1, 0.15) is 5.75 Å². The minimum absolute atomic E-state index is 0.337. The molecular formula is C14H16O3. The van der Waals surface area contributed by atoms with Crippen molar-refractivity contribution in [3.8, 4) is 18.1 Å². The molecule has 1 aromatic carbocycles. The number of ether oxygens (including phenoxy) is 2. The van der Waals surface area contributed by atoms with Gasteiger partial charge in [0.2, 0.25) is 0 Å². The van der Waals surface area contributed by atoms with E-state index in [-0.39, 0.29) is 5.97 Å². The molecule has 1 aromatic rings. The van der Waals surface area contributed by atoms with Gasteiger partial charge >= 0.3 is 5.97 Å². The lowest BCUT2D eigenvalue weighted by Crippen LogP contribution is -2.28. The first-order valence-electron chi connectivity index (χ1n) is 5.61. The molecule has 0 spiro atoms. The molecule has 0 radical (unpaired) electrons. The quantitative estimate of drug-likeness (QED) is 0.577. The molecular weight excluding hydrogens is 216 g/mol. The van der Waals surface area contributed by atoms with Gasteiger partial charge in [0, 0.05) is 5.56 Å². The maximum atomic E-state index is 11.5. The van der Waals surface area contributed by atoms with E-state index in [1.807, 2.05) is 6.92 Å². The molecule has 1 rings (SSSR count). The molecule has 0 heterocycles. The van der Waals surface area contributed by atoms with Gasteiger partial charge in [-0.05, 0) is 37.6 Å². The first-order chi connectivity index (χ1) is 8.21. The van der Waals surface area contributed by atoms with Crippen molar-refractivity contribution in [3.63, 3.8) is 0 Å². The van der Waals surface area contributed by atoms with Crippen LogP contribution in [-0.4, -0.2) is 18.7 Å². The van der Waals surface area contributed by atoms with E-state index in [9.17, 15) is 4.79 Å². The predicted octanol–water partition coefficient (Wildman–Crippen LogP) is 2.39. The summed E-state index contributed by atoms with van der Waals surface area (Å²) in [6.45, 7) is 4.00. The van der Waals surface area contributed by atoms with Gasteiger partial charge in [0.25, 0.3) is 0 Å². The van der Waals surface area contributed by atoms with Crippen LogP contribution in [0.15, 0.2) is 24.3 Å². The molecule has 3 heteroatoms. The highest BCUT2D eigenvalue weighted by molar-refractivity contribution is 5.75.